The van der Waals surface area contributed by atoms with Crippen LogP contribution in [0.2, 0.25) is 0 Å². The fraction of sp³-hybridized carbons (Fsp3) is 0.438. The van der Waals surface area contributed by atoms with Crippen molar-refractivity contribution in [3.8, 4) is 5.75 Å². The summed E-state index contributed by atoms with van der Waals surface area (Å²) in [5.74, 6) is 0.702. The quantitative estimate of drug-likeness (QED) is 0.899. The van der Waals surface area contributed by atoms with Gasteiger partial charge in [0.2, 0.25) is 0 Å². The zero-order chi connectivity index (χ0) is 13.9. The lowest BCUT2D eigenvalue weighted by Crippen LogP contribution is -2.34. The van der Waals surface area contributed by atoms with E-state index in [0.29, 0.717) is 18.0 Å². The first kappa shape index (κ1) is 13.3. The molecule has 1 aliphatic rings. The molecule has 106 valence electrons. The molecule has 1 fully saturated rings. The Morgan fingerprint density at radius 3 is 2.75 bits per heavy atom. The normalized spacial score (nSPS) is 17.6. The molecule has 2 heterocycles. The van der Waals surface area contributed by atoms with Crippen LogP contribution >= 0.6 is 0 Å². The van der Waals surface area contributed by atoms with Crippen molar-refractivity contribution in [1.29, 1.82) is 0 Å². The van der Waals surface area contributed by atoms with E-state index in [0.717, 1.165) is 37.9 Å². The number of aliphatic hydroxyl groups is 1. The van der Waals surface area contributed by atoms with Crippen LogP contribution in [0, 0.1) is 5.92 Å². The third-order valence-corrected chi connectivity index (χ3v) is 4.20. The second-order valence-corrected chi connectivity index (χ2v) is 5.55. The van der Waals surface area contributed by atoms with Gasteiger partial charge in [-0.25, -0.2) is 0 Å². The van der Waals surface area contributed by atoms with Gasteiger partial charge in [0.15, 0.2) is 0 Å². The van der Waals surface area contributed by atoms with Gasteiger partial charge in [0.1, 0.15) is 11.3 Å². The topological polar surface area (TPSA) is 56.6 Å². The number of aliphatic hydroxyl groups excluding tert-OH is 1. The van der Waals surface area contributed by atoms with Crippen LogP contribution in [0.15, 0.2) is 30.5 Å². The van der Waals surface area contributed by atoms with Crippen molar-refractivity contribution in [2.45, 2.75) is 19.4 Å². The van der Waals surface area contributed by atoms with E-state index in [1.165, 1.54) is 5.56 Å². The molecule has 3 rings (SSSR count). The van der Waals surface area contributed by atoms with Crippen molar-refractivity contribution in [3.05, 3.63) is 36.0 Å². The Bertz CT molecular complexity index is 592. The van der Waals surface area contributed by atoms with Crippen molar-refractivity contribution >= 4 is 10.9 Å². The average molecular weight is 272 g/mol. The van der Waals surface area contributed by atoms with Gasteiger partial charge in [-0.1, -0.05) is 12.1 Å². The molecule has 0 unspecified atom stereocenters. The van der Waals surface area contributed by atoms with Gasteiger partial charge in [0.25, 0.3) is 0 Å². The zero-order valence-corrected chi connectivity index (χ0v) is 11.5. The predicted molar refractivity (Wildman–Crippen MR) is 78.5 cm³/mol. The Balaban J connectivity index is 1.80. The molecular weight excluding hydrogens is 252 g/mol. The molecule has 4 nitrogen and oxygen atoms in total. The molecule has 0 radical (unpaired) electrons. The van der Waals surface area contributed by atoms with E-state index < -0.39 is 0 Å². The first-order chi connectivity index (χ1) is 9.78. The first-order valence-corrected chi connectivity index (χ1v) is 7.16. The minimum atomic E-state index is 0.239. The number of benzene rings is 1. The number of likely N-dealkylation sites (tertiary alicyclic amines) is 1. The second kappa shape index (κ2) is 5.77. The number of aromatic nitrogens is 1. The standard InChI is InChI=1S/C16H20N2O2/c19-11-12-5-8-18(9-6-12)10-13-3-4-15(20)16-14(13)2-1-7-17-16/h1-4,7,12,19-20H,5-6,8-11H2. The molecule has 1 aromatic heterocycles. The molecule has 0 bridgehead atoms. The number of piperidine rings is 1. The number of aromatic hydroxyl groups is 1. The summed E-state index contributed by atoms with van der Waals surface area (Å²) < 4.78 is 0. The maximum Gasteiger partial charge on any atom is 0.141 e. The minimum Gasteiger partial charge on any atom is -0.506 e. The van der Waals surface area contributed by atoms with E-state index in [-0.39, 0.29) is 5.75 Å². The molecule has 1 aliphatic heterocycles. The smallest absolute Gasteiger partial charge is 0.141 e. The minimum absolute atomic E-state index is 0.239. The molecule has 20 heavy (non-hydrogen) atoms. The molecule has 1 aromatic carbocycles. The first-order valence-electron chi connectivity index (χ1n) is 7.16. The summed E-state index contributed by atoms with van der Waals surface area (Å²) in [5.41, 5.74) is 1.88. The van der Waals surface area contributed by atoms with Gasteiger partial charge in [-0.3, -0.25) is 9.88 Å². The highest BCUT2D eigenvalue weighted by atomic mass is 16.3. The Morgan fingerprint density at radius 2 is 2.00 bits per heavy atom. The van der Waals surface area contributed by atoms with Gasteiger partial charge in [0, 0.05) is 24.7 Å². The summed E-state index contributed by atoms with van der Waals surface area (Å²) in [6.45, 7) is 3.22. The van der Waals surface area contributed by atoms with E-state index in [2.05, 4.69) is 9.88 Å². The summed E-state index contributed by atoms with van der Waals surface area (Å²) in [6.07, 6.45) is 3.83. The molecule has 0 saturated carbocycles. The fourth-order valence-corrected chi connectivity index (χ4v) is 2.92. The fourth-order valence-electron chi connectivity index (χ4n) is 2.92. The SMILES string of the molecule is OCC1CCN(Cc2ccc(O)c3ncccc23)CC1. The van der Waals surface area contributed by atoms with E-state index in [1.807, 2.05) is 18.2 Å². The number of nitrogens with zero attached hydrogens (tertiary/aromatic N) is 2. The van der Waals surface area contributed by atoms with Crippen LogP contribution in [-0.2, 0) is 6.54 Å². The average Bonchev–Trinajstić information content (AvgIpc) is 2.51. The Labute approximate surface area is 118 Å². The maximum atomic E-state index is 9.86. The summed E-state index contributed by atoms with van der Waals surface area (Å²) in [6, 6.07) is 7.63. The summed E-state index contributed by atoms with van der Waals surface area (Å²) in [5, 5.41) is 20.1. The number of pyridine rings is 1. The van der Waals surface area contributed by atoms with E-state index >= 15 is 0 Å². The number of phenolic OH excluding ortho intramolecular Hbond substituents is 1. The highest BCUT2D eigenvalue weighted by Gasteiger charge is 2.19. The highest BCUT2D eigenvalue weighted by molar-refractivity contribution is 5.87. The van der Waals surface area contributed by atoms with Gasteiger partial charge < -0.3 is 10.2 Å². The van der Waals surface area contributed by atoms with Crippen LogP contribution in [0.1, 0.15) is 18.4 Å². The maximum absolute atomic E-state index is 9.86. The van der Waals surface area contributed by atoms with Gasteiger partial charge in [-0.05, 0) is 49.5 Å². The third kappa shape index (κ3) is 2.62. The largest absolute Gasteiger partial charge is 0.506 e. The predicted octanol–water partition coefficient (Wildman–Crippen LogP) is 2.14. The van der Waals surface area contributed by atoms with E-state index in [1.54, 1.807) is 12.3 Å². The molecule has 4 heteroatoms. The third-order valence-electron chi connectivity index (χ3n) is 4.20. The number of hydrogen-bond acceptors (Lipinski definition) is 4. The van der Waals surface area contributed by atoms with Gasteiger partial charge >= 0.3 is 0 Å². The van der Waals surface area contributed by atoms with Gasteiger partial charge in [-0.2, -0.15) is 0 Å². The number of fused-ring (bicyclic) bond motifs is 1. The highest BCUT2D eigenvalue weighted by Crippen LogP contribution is 2.27. The van der Waals surface area contributed by atoms with Crippen LogP contribution in [0.5, 0.6) is 5.75 Å². The molecule has 0 atom stereocenters. The van der Waals surface area contributed by atoms with Crippen LogP contribution < -0.4 is 0 Å². The Hall–Kier alpha value is -1.65. The number of phenols is 1. The van der Waals surface area contributed by atoms with Gasteiger partial charge in [0.05, 0.1) is 0 Å². The lowest BCUT2D eigenvalue weighted by Gasteiger charge is -2.31. The summed E-state index contributed by atoms with van der Waals surface area (Å²) in [7, 11) is 0. The Kier molecular flexibility index (Phi) is 3.85. The van der Waals surface area contributed by atoms with E-state index in [4.69, 9.17) is 0 Å². The summed E-state index contributed by atoms with van der Waals surface area (Å²) in [4.78, 5) is 6.67. The molecule has 1 saturated heterocycles. The number of rotatable bonds is 3. The van der Waals surface area contributed by atoms with Crippen molar-refractivity contribution < 1.29 is 10.2 Å². The van der Waals surface area contributed by atoms with Crippen LogP contribution in [0.25, 0.3) is 10.9 Å². The van der Waals surface area contributed by atoms with Crippen LogP contribution in [-0.4, -0.2) is 39.8 Å². The van der Waals surface area contributed by atoms with Crippen LogP contribution in [0.3, 0.4) is 0 Å². The molecule has 2 aromatic rings. The second-order valence-electron chi connectivity index (χ2n) is 5.55. The van der Waals surface area contributed by atoms with Gasteiger partial charge in [-0.15, -0.1) is 0 Å². The lowest BCUT2D eigenvalue weighted by molar-refractivity contribution is 0.127. The zero-order valence-electron chi connectivity index (χ0n) is 11.5. The van der Waals surface area contributed by atoms with Crippen molar-refractivity contribution in [2.75, 3.05) is 19.7 Å². The van der Waals surface area contributed by atoms with Crippen molar-refractivity contribution in [1.82, 2.24) is 9.88 Å². The monoisotopic (exact) mass is 272 g/mol. The number of hydrogen-bond donors (Lipinski definition) is 2. The lowest BCUT2D eigenvalue weighted by atomic mass is 9.97. The molecular formula is C16H20N2O2. The Morgan fingerprint density at radius 1 is 1.20 bits per heavy atom. The van der Waals surface area contributed by atoms with E-state index in [9.17, 15) is 10.2 Å². The molecule has 0 amide bonds. The van der Waals surface area contributed by atoms with Crippen molar-refractivity contribution in [2.24, 2.45) is 5.92 Å². The summed E-state index contributed by atoms with van der Waals surface area (Å²) >= 11 is 0. The van der Waals surface area contributed by atoms with Crippen LogP contribution in [0.4, 0.5) is 0 Å². The molecule has 2 N–H and O–H groups in total. The molecule has 0 spiro atoms. The van der Waals surface area contributed by atoms with Crippen molar-refractivity contribution in [3.63, 3.8) is 0 Å². The molecule has 0 aliphatic carbocycles.